The van der Waals surface area contributed by atoms with Crippen LogP contribution in [0, 0.1) is 0 Å². The van der Waals surface area contributed by atoms with Crippen LogP contribution in [-0.4, -0.2) is 11.5 Å². The topological polar surface area (TPSA) is 83.4 Å². The lowest BCUT2D eigenvalue weighted by Crippen LogP contribution is -2.20. The monoisotopic (exact) mass is 361 g/mol. The van der Waals surface area contributed by atoms with Gasteiger partial charge < -0.3 is 20.9 Å². The molecule has 5 nitrogen and oxygen atoms in total. The number of fused-ring (bicyclic) bond motifs is 1. The molecule has 138 valence electrons. The van der Waals surface area contributed by atoms with Gasteiger partial charge in [0.2, 0.25) is 5.88 Å². The second-order valence-electron chi connectivity index (χ2n) is 6.70. The smallest absolute Gasteiger partial charge is 0.219 e. The number of hydrogen-bond acceptors (Lipinski definition) is 5. The van der Waals surface area contributed by atoms with Gasteiger partial charge in [-0.15, -0.1) is 0 Å². The number of pyridine rings is 1. The number of hydrogen-bond donors (Lipinski definition) is 2. The fourth-order valence-electron chi connectivity index (χ4n) is 3.26. The van der Waals surface area contributed by atoms with Crippen molar-refractivity contribution >= 4 is 0 Å². The SMILES string of the molecule is NCC(N)c1ccc(Oc2ccc3c(c2)CCC(c2ccccc2)O3)nc1. The molecule has 27 heavy (non-hydrogen) atoms. The Balaban J connectivity index is 1.46. The third-order valence-electron chi connectivity index (χ3n) is 4.81. The molecule has 2 atom stereocenters. The molecular weight excluding hydrogens is 338 g/mol. The van der Waals surface area contributed by atoms with Gasteiger partial charge in [0.05, 0.1) is 0 Å². The molecular formula is C22H23N3O2. The Bertz CT molecular complexity index is 897. The Hall–Kier alpha value is -2.89. The third-order valence-corrected chi connectivity index (χ3v) is 4.81. The van der Waals surface area contributed by atoms with Crippen LogP contribution in [0.15, 0.2) is 66.9 Å². The predicted octanol–water partition coefficient (Wildman–Crippen LogP) is 3.90. The van der Waals surface area contributed by atoms with Crippen molar-refractivity contribution in [1.29, 1.82) is 0 Å². The molecule has 0 aliphatic carbocycles. The molecule has 3 aromatic rings. The number of nitrogens with two attached hydrogens (primary N) is 2. The van der Waals surface area contributed by atoms with Crippen LogP contribution in [0.25, 0.3) is 0 Å². The number of benzene rings is 2. The van der Waals surface area contributed by atoms with Gasteiger partial charge in [0.25, 0.3) is 0 Å². The minimum atomic E-state index is -0.204. The third kappa shape index (κ3) is 3.94. The van der Waals surface area contributed by atoms with Gasteiger partial charge >= 0.3 is 0 Å². The fourth-order valence-corrected chi connectivity index (χ4v) is 3.26. The molecule has 4 N–H and O–H groups in total. The summed E-state index contributed by atoms with van der Waals surface area (Å²) in [6.07, 6.45) is 3.71. The van der Waals surface area contributed by atoms with Gasteiger partial charge in [0.1, 0.15) is 17.6 Å². The highest BCUT2D eigenvalue weighted by atomic mass is 16.5. The van der Waals surface area contributed by atoms with E-state index in [4.69, 9.17) is 20.9 Å². The molecule has 0 fully saturated rings. The van der Waals surface area contributed by atoms with Crippen LogP contribution in [-0.2, 0) is 6.42 Å². The Labute approximate surface area is 158 Å². The summed E-state index contributed by atoms with van der Waals surface area (Å²) in [5.41, 5.74) is 14.8. The van der Waals surface area contributed by atoms with Crippen LogP contribution in [0.4, 0.5) is 0 Å². The molecule has 0 saturated heterocycles. The molecule has 2 heterocycles. The second kappa shape index (κ2) is 7.78. The highest BCUT2D eigenvalue weighted by Crippen LogP contribution is 2.37. The Morgan fingerprint density at radius 3 is 2.70 bits per heavy atom. The van der Waals surface area contributed by atoms with Gasteiger partial charge in [-0.25, -0.2) is 4.98 Å². The second-order valence-corrected chi connectivity index (χ2v) is 6.70. The zero-order valence-electron chi connectivity index (χ0n) is 15.0. The first-order valence-electron chi connectivity index (χ1n) is 9.17. The van der Waals surface area contributed by atoms with Crippen LogP contribution < -0.4 is 20.9 Å². The van der Waals surface area contributed by atoms with E-state index in [-0.39, 0.29) is 12.1 Å². The molecule has 5 heteroatoms. The highest BCUT2D eigenvalue weighted by Gasteiger charge is 2.21. The van der Waals surface area contributed by atoms with Crippen molar-refractivity contribution in [1.82, 2.24) is 4.98 Å². The first kappa shape index (κ1) is 17.5. The van der Waals surface area contributed by atoms with Crippen molar-refractivity contribution in [2.75, 3.05) is 6.54 Å². The standard InChI is InChI=1S/C22H23N3O2/c23-13-19(24)17-7-11-22(25-14-17)26-18-8-10-21-16(12-18)6-9-20(27-21)15-4-2-1-3-5-15/h1-5,7-8,10-12,14,19-20H,6,9,13,23-24H2. The summed E-state index contributed by atoms with van der Waals surface area (Å²) in [7, 11) is 0. The van der Waals surface area contributed by atoms with E-state index in [1.807, 2.05) is 48.5 Å². The van der Waals surface area contributed by atoms with Crippen LogP contribution in [0.1, 0.15) is 35.3 Å². The first-order chi connectivity index (χ1) is 13.2. The quantitative estimate of drug-likeness (QED) is 0.720. The molecule has 1 aliphatic heterocycles. The van der Waals surface area contributed by atoms with Crippen LogP contribution >= 0.6 is 0 Å². The largest absolute Gasteiger partial charge is 0.485 e. The minimum Gasteiger partial charge on any atom is -0.485 e. The highest BCUT2D eigenvalue weighted by molar-refractivity contribution is 5.43. The normalized spacial score (nSPS) is 16.9. The van der Waals surface area contributed by atoms with Gasteiger partial charge in [-0.2, -0.15) is 0 Å². The summed E-state index contributed by atoms with van der Waals surface area (Å²) in [6.45, 7) is 0.386. The summed E-state index contributed by atoms with van der Waals surface area (Å²) in [4.78, 5) is 4.32. The summed E-state index contributed by atoms with van der Waals surface area (Å²) in [5, 5.41) is 0. The van der Waals surface area contributed by atoms with E-state index >= 15 is 0 Å². The van der Waals surface area contributed by atoms with Gasteiger partial charge in [-0.05, 0) is 47.7 Å². The van der Waals surface area contributed by atoms with E-state index in [2.05, 4.69) is 17.1 Å². The summed E-state index contributed by atoms with van der Waals surface area (Å²) < 4.78 is 12.1. The van der Waals surface area contributed by atoms with Gasteiger partial charge in [-0.1, -0.05) is 36.4 Å². The maximum Gasteiger partial charge on any atom is 0.219 e. The van der Waals surface area contributed by atoms with Crippen molar-refractivity contribution < 1.29 is 9.47 Å². The Morgan fingerprint density at radius 1 is 1.11 bits per heavy atom. The Morgan fingerprint density at radius 2 is 1.96 bits per heavy atom. The van der Waals surface area contributed by atoms with E-state index in [9.17, 15) is 0 Å². The lowest BCUT2D eigenvalue weighted by atomic mass is 9.97. The van der Waals surface area contributed by atoms with Gasteiger partial charge in [0, 0.05) is 24.8 Å². The molecule has 1 aliphatic rings. The molecule has 0 amide bonds. The molecule has 0 bridgehead atoms. The van der Waals surface area contributed by atoms with Gasteiger partial charge in [-0.3, -0.25) is 0 Å². The van der Waals surface area contributed by atoms with Gasteiger partial charge in [0.15, 0.2) is 0 Å². The maximum absolute atomic E-state index is 6.18. The lowest BCUT2D eigenvalue weighted by molar-refractivity contribution is 0.176. The Kier molecular flexibility index (Phi) is 5.05. The number of rotatable bonds is 5. The van der Waals surface area contributed by atoms with E-state index in [0.717, 1.165) is 35.5 Å². The average molecular weight is 361 g/mol. The summed E-state index contributed by atoms with van der Waals surface area (Å²) >= 11 is 0. The summed E-state index contributed by atoms with van der Waals surface area (Å²) in [6, 6.07) is 19.7. The number of aromatic nitrogens is 1. The van der Waals surface area contributed by atoms with Crippen LogP contribution in [0.5, 0.6) is 17.4 Å². The molecule has 0 saturated carbocycles. The van der Waals surface area contributed by atoms with Crippen LogP contribution in [0.3, 0.4) is 0 Å². The predicted molar refractivity (Wildman–Crippen MR) is 105 cm³/mol. The molecule has 4 rings (SSSR count). The lowest BCUT2D eigenvalue weighted by Gasteiger charge is -2.26. The number of aryl methyl sites for hydroxylation is 1. The number of ether oxygens (including phenoxy) is 2. The van der Waals surface area contributed by atoms with Crippen molar-refractivity contribution in [3.05, 3.63) is 83.6 Å². The summed E-state index contributed by atoms with van der Waals surface area (Å²) in [5.74, 6) is 2.19. The van der Waals surface area contributed by atoms with Crippen molar-refractivity contribution in [3.8, 4) is 17.4 Å². The molecule has 1 aromatic heterocycles. The average Bonchev–Trinajstić information content (AvgIpc) is 2.74. The van der Waals surface area contributed by atoms with E-state index in [1.54, 1.807) is 6.20 Å². The van der Waals surface area contributed by atoms with Crippen molar-refractivity contribution in [2.24, 2.45) is 11.5 Å². The zero-order chi connectivity index (χ0) is 18.6. The fraction of sp³-hybridized carbons (Fsp3) is 0.227. The first-order valence-corrected chi connectivity index (χ1v) is 9.17. The van der Waals surface area contributed by atoms with E-state index in [0.29, 0.717) is 12.4 Å². The van der Waals surface area contributed by atoms with Crippen LogP contribution in [0.2, 0.25) is 0 Å². The minimum absolute atomic E-state index is 0.103. The maximum atomic E-state index is 6.18. The van der Waals surface area contributed by atoms with Crippen molar-refractivity contribution in [2.45, 2.75) is 25.0 Å². The zero-order valence-corrected chi connectivity index (χ0v) is 15.0. The number of nitrogens with zero attached hydrogens (tertiary/aromatic N) is 1. The molecule has 2 unspecified atom stereocenters. The van der Waals surface area contributed by atoms with E-state index in [1.165, 1.54) is 5.56 Å². The molecule has 0 radical (unpaired) electrons. The molecule has 2 aromatic carbocycles. The molecule has 0 spiro atoms. The van der Waals surface area contributed by atoms with E-state index < -0.39 is 0 Å². The van der Waals surface area contributed by atoms with Crippen molar-refractivity contribution in [3.63, 3.8) is 0 Å².